The van der Waals surface area contributed by atoms with Gasteiger partial charge in [0.15, 0.2) is 0 Å². The molecule has 2 heterocycles. The Morgan fingerprint density at radius 2 is 1.67 bits per heavy atom. The molecule has 1 aromatic rings. The SMILES string of the molecule is CCC(C)NC(=O)N1CCC(CN2CCN(Cc3ccccc3)CC2)CC1. The molecule has 5 nitrogen and oxygen atoms in total. The van der Waals surface area contributed by atoms with E-state index in [0.717, 1.165) is 57.9 Å². The zero-order valence-electron chi connectivity index (χ0n) is 17.1. The molecule has 1 atom stereocenters. The molecule has 0 saturated carbocycles. The number of benzene rings is 1. The van der Waals surface area contributed by atoms with Gasteiger partial charge in [0.1, 0.15) is 0 Å². The van der Waals surface area contributed by atoms with Crippen LogP contribution in [0, 0.1) is 5.92 Å². The smallest absolute Gasteiger partial charge is 0.317 e. The lowest BCUT2D eigenvalue weighted by molar-refractivity contribution is 0.0957. The fourth-order valence-corrected chi connectivity index (χ4v) is 4.06. The molecular formula is C22H36N4O. The van der Waals surface area contributed by atoms with Gasteiger partial charge in [-0.15, -0.1) is 0 Å². The first-order chi connectivity index (χ1) is 13.1. The van der Waals surface area contributed by atoms with Crippen molar-refractivity contribution in [2.24, 2.45) is 5.92 Å². The lowest BCUT2D eigenvalue weighted by Crippen LogP contribution is -2.50. The third-order valence-electron chi connectivity index (χ3n) is 6.11. The van der Waals surface area contributed by atoms with Gasteiger partial charge in [-0.05, 0) is 37.7 Å². The van der Waals surface area contributed by atoms with Crippen molar-refractivity contribution in [1.29, 1.82) is 0 Å². The van der Waals surface area contributed by atoms with Crippen LogP contribution in [0.5, 0.6) is 0 Å². The topological polar surface area (TPSA) is 38.8 Å². The Kier molecular flexibility index (Phi) is 7.53. The van der Waals surface area contributed by atoms with Crippen LogP contribution in [0.4, 0.5) is 4.79 Å². The van der Waals surface area contributed by atoms with Crippen molar-refractivity contribution in [2.45, 2.75) is 45.7 Å². The standard InChI is InChI=1S/C22H36N4O/c1-3-19(2)23-22(27)26-11-9-21(10-12-26)18-25-15-13-24(14-16-25)17-20-7-5-4-6-8-20/h4-8,19,21H,3,9-18H2,1-2H3,(H,23,27). The van der Waals surface area contributed by atoms with E-state index in [0.29, 0.717) is 0 Å². The summed E-state index contributed by atoms with van der Waals surface area (Å²) < 4.78 is 0. The highest BCUT2D eigenvalue weighted by Gasteiger charge is 2.26. The number of piperazine rings is 1. The minimum Gasteiger partial charge on any atom is -0.336 e. The third kappa shape index (κ3) is 6.22. The molecule has 150 valence electrons. The van der Waals surface area contributed by atoms with Crippen molar-refractivity contribution in [3.63, 3.8) is 0 Å². The van der Waals surface area contributed by atoms with Crippen LogP contribution in [0.3, 0.4) is 0 Å². The van der Waals surface area contributed by atoms with E-state index in [9.17, 15) is 4.79 Å². The molecule has 1 aromatic carbocycles. The van der Waals surface area contributed by atoms with Crippen molar-refractivity contribution in [2.75, 3.05) is 45.8 Å². The number of rotatable bonds is 6. The third-order valence-corrected chi connectivity index (χ3v) is 6.11. The second kappa shape index (κ2) is 10.1. The zero-order valence-corrected chi connectivity index (χ0v) is 17.1. The van der Waals surface area contributed by atoms with Gasteiger partial charge in [0.25, 0.3) is 0 Å². The summed E-state index contributed by atoms with van der Waals surface area (Å²) in [4.78, 5) is 19.4. The van der Waals surface area contributed by atoms with Crippen LogP contribution in [0.2, 0.25) is 0 Å². The number of nitrogens with one attached hydrogen (secondary N) is 1. The summed E-state index contributed by atoms with van der Waals surface area (Å²) in [6.45, 7) is 12.9. The van der Waals surface area contributed by atoms with E-state index in [1.807, 2.05) is 4.90 Å². The molecule has 2 fully saturated rings. The highest BCUT2D eigenvalue weighted by atomic mass is 16.2. The van der Waals surface area contributed by atoms with Gasteiger partial charge in [-0.2, -0.15) is 0 Å². The number of piperidine rings is 1. The van der Waals surface area contributed by atoms with E-state index < -0.39 is 0 Å². The van der Waals surface area contributed by atoms with Crippen LogP contribution in [0.1, 0.15) is 38.7 Å². The number of amides is 2. The number of hydrogen-bond acceptors (Lipinski definition) is 3. The number of likely N-dealkylation sites (tertiary alicyclic amines) is 1. The van der Waals surface area contributed by atoms with Crippen molar-refractivity contribution in [1.82, 2.24) is 20.0 Å². The van der Waals surface area contributed by atoms with E-state index in [4.69, 9.17) is 0 Å². The predicted octanol–water partition coefficient (Wildman–Crippen LogP) is 3.02. The zero-order chi connectivity index (χ0) is 19.1. The molecule has 1 N–H and O–H groups in total. The second-order valence-corrected chi connectivity index (χ2v) is 8.25. The largest absolute Gasteiger partial charge is 0.336 e. The first-order valence-electron chi connectivity index (χ1n) is 10.7. The van der Waals surface area contributed by atoms with Crippen LogP contribution >= 0.6 is 0 Å². The highest BCUT2D eigenvalue weighted by Crippen LogP contribution is 2.20. The monoisotopic (exact) mass is 372 g/mol. The van der Waals surface area contributed by atoms with E-state index in [1.165, 1.54) is 25.2 Å². The summed E-state index contributed by atoms with van der Waals surface area (Å²) in [5.41, 5.74) is 1.41. The summed E-state index contributed by atoms with van der Waals surface area (Å²) >= 11 is 0. The van der Waals surface area contributed by atoms with Gasteiger partial charge < -0.3 is 15.1 Å². The maximum absolute atomic E-state index is 12.2. The fraction of sp³-hybridized carbons (Fsp3) is 0.682. The number of urea groups is 1. The van der Waals surface area contributed by atoms with E-state index in [1.54, 1.807) is 0 Å². The molecule has 3 rings (SSSR count). The quantitative estimate of drug-likeness (QED) is 0.834. The normalized spacial score (nSPS) is 21.2. The lowest BCUT2D eigenvalue weighted by Gasteiger charge is -2.39. The molecule has 0 bridgehead atoms. The number of nitrogens with zero attached hydrogens (tertiary/aromatic N) is 3. The fourth-order valence-electron chi connectivity index (χ4n) is 4.06. The summed E-state index contributed by atoms with van der Waals surface area (Å²) in [6, 6.07) is 11.2. The van der Waals surface area contributed by atoms with Crippen LogP contribution in [0.15, 0.2) is 30.3 Å². The summed E-state index contributed by atoms with van der Waals surface area (Å²) in [6.07, 6.45) is 3.26. The molecule has 0 aliphatic carbocycles. The Morgan fingerprint density at radius 1 is 1.04 bits per heavy atom. The molecule has 2 amide bonds. The molecule has 0 radical (unpaired) electrons. The van der Waals surface area contributed by atoms with Crippen molar-refractivity contribution in [3.05, 3.63) is 35.9 Å². The van der Waals surface area contributed by atoms with Gasteiger partial charge in [-0.1, -0.05) is 37.3 Å². The van der Waals surface area contributed by atoms with Gasteiger partial charge in [0.05, 0.1) is 0 Å². The molecule has 2 aliphatic heterocycles. The molecule has 2 aliphatic rings. The number of carbonyl (C=O) groups excluding carboxylic acids is 1. The summed E-state index contributed by atoms with van der Waals surface area (Å²) in [7, 11) is 0. The summed E-state index contributed by atoms with van der Waals surface area (Å²) in [5, 5.41) is 3.09. The Bertz CT molecular complexity index is 563. The minimum atomic E-state index is 0.123. The molecular weight excluding hydrogens is 336 g/mol. The first-order valence-corrected chi connectivity index (χ1v) is 10.7. The molecule has 0 aromatic heterocycles. The van der Waals surface area contributed by atoms with Gasteiger partial charge in [0.2, 0.25) is 0 Å². The van der Waals surface area contributed by atoms with Crippen molar-refractivity contribution >= 4 is 6.03 Å². The van der Waals surface area contributed by atoms with Crippen LogP contribution in [-0.2, 0) is 6.54 Å². The number of carbonyl (C=O) groups is 1. The van der Waals surface area contributed by atoms with E-state index >= 15 is 0 Å². The van der Waals surface area contributed by atoms with Crippen LogP contribution < -0.4 is 5.32 Å². The molecule has 2 saturated heterocycles. The average Bonchev–Trinajstić information content (AvgIpc) is 2.70. The molecule has 27 heavy (non-hydrogen) atoms. The Hall–Kier alpha value is -1.59. The minimum absolute atomic E-state index is 0.123. The highest BCUT2D eigenvalue weighted by molar-refractivity contribution is 5.74. The lowest BCUT2D eigenvalue weighted by atomic mass is 9.96. The second-order valence-electron chi connectivity index (χ2n) is 8.25. The Labute approximate surface area is 164 Å². The van der Waals surface area contributed by atoms with E-state index in [2.05, 4.69) is 59.3 Å². The van der Waals surface area contributed by atoms with Crippen LogP contribution in [-0.4, -0.2) is 72.6 Å². The van der Waals surface area contributed by atoms with Crippen molar-refractivity contribution < 1.29 is 4.79 Å². The van der Waals surface area contributed by atoms with Gasteiger partial charge in [-0.3, -0.25) is 4.90 Å². The number of hydrogen-bond donors (Lipinski definition) is 1. The molecule has 1 unspecified atom stereocenters. The van der Waals surface area contributed by atoms with Crippen LogP contribution in [0.25, 0.3) is 0 Å². The van der Waals surface area contributed by atoms with Gasteiger partial charge in [-0.25, -0.2) is 4.79 Å². The maximum Gasteiger partial charge on any atom is 0.317 e. The Morgan fingerprint density at radius 3 is 2.30 bits per heavy atom. The van der Waals surface area contributed by atoms with E-state index in [-0.39, 0.29) is 12.1 Å². The average molecular weight is 373 g/mol. The van der Waals surface area contributed by atoms with Crippen molar-refractivity contribution in [3.8, 4) is 0 Å². The molecule has 5 heteroatoms. The Balaban J connectivity index is 1.34. The first kappa shape index (κ1) is 20.2. The maximum atomic E-state index is 12.2. The summed E-state index contributed by atoms with van der Waals surface area (Å²) in [5.74, 6) is 0.735. The molecule has 0 spiro atoms. The predicted molar refractivity (Wildman–Crippen MR) is 111 cm³/mol. The van der Waals surface area contributed by atoms with Gasteiger partial charge >= 0.3 is 6.03 Å². The van der Waals surface area contributed by atoms with Gasteiger partial charge in [0, 0.05) is 58.4 Å².